The first kappa shape index (κ1) is 11.2. The van der Waals surface area contributed by atoms with Gasteiger partial charge in [-0.3, -0.25) is 4.79 Å². The van der Waals surface area contributed by atoms with E-state index in [2.05, 4.69) is 10.3 Å². The van der Waals surface area contributed by atoms with Gasteiger partial charge in [0, 0.05) is 12.1 Å². The Bertz CT molecular complexity index is 505. The summed E-state index contributed by atoms with van der Waals surface area (Å²) in [5.41, 5.74) is 0.185. The third-order valence-corrected chi connectivity index (χ3v) is 3.88. The van der Waals surface area contributed by atoms with Crippen molar-refractivity contribution in [3.63, 3.8) is 0 Å². The van der Waals surface area contributed by atoms with Crippen LogP contribution in [0.4, 0.5) is 5.69 Å². The molecule has 0 aliphatic heterocycles. The van der Waals surface area contributed by atoms with E-state index in [0.29, 0.717) is 0 Å². The summed E-state index contributed by atoms with van der Waals surface area (Å²) in [4.78, 5) is 26.8. The number of anilines is 1. The maximum atomic E-state index is 12.0. The molecule has 94 valence electrons. The highest BCUT2D eigenvalue weighted by Gasteiger charge is 2.48. The Labute approximate surface area is 104 Å². The van der Waals surface area contributed by atoms with Gasteiger partial charge in [-0.1, -0.05) is 0 Å². The molecule has 0 aromatic carbocycles. The maximum absolute atomic E-state index is 12.0. The van der Waals surface area contributed by atoms with E-state index in [-0.39, 0.29) is 23.2 Å². The molecule has 18 heavy (non-hydrogen) atoms. The van der Waals surface area contributed by atoms with Crippen molar-refractivity contribution in [2.45, 2.75) is 19.3 Å². The Kier molecular flexibility index (Phi) is 2.54. The number of fused-ring (bicyclic) bond motifs is 1. The highest BCUT2D eigenvalue weighted by molar-refractivity contribution is 5.99. The van der Waals surface area contributed by atoms with Crippen molar-refractivity contribution in [1.29, 1.82) is 0 Å². The fourth-order valence-electron chi connectivity index (χ4n) is 2.84. The number of amides is 1. The lowest BCUT2D eigenvalue weighted by Gasteiger charge is -2.13. The van der Waals surface area contributed by atoms with E-state index in [9.17, 15) is 9.59 Å². The van der Waals surface area contributed by atoms with Crippen molar-refractivity contribution < 1.29 is 14.7 Å². The van der Waals surface area contributed by atoms with Gasteiger partial charge < -0.3 is 10.4 Å². The van der Waals surface area contributed by atoms with Gasteiger partial charge in [0.05, 0.1) is 5.69 Å². The molecular weight excluding hydrogens is 232 g/mol. The largest absolute Gasteiger partial charge is 0.476 e. The number of nitrogens with one attached hydrogen (secondary N) is 1. The topological polar surface area (TPSA) is 79.3 Å². The average molecular weight is 246 g/mol. The Morgan fingerprint density at radius 3 is 2.67 bits per heavy atom. The van der Waals surface area contributed by atoms with Gasteiger partial charge in [-0.15, -0.1) is 0 Å². The number of rotatable bonds is 3. The van der Waals surface area contributed by atoms with E-state index in [1.54, 1.807) is 12.1 Å². The number of carbonyl (C=O) groups is 2. The Morgan fingerprint density at radius 2 is 2.00 bits per heavy atom. The highest BCUT2D eigenvalue weighted by Crippen LogP contribution is 2.54. The van der Waals surface area contributed by atoms with Gasteiger partial charge in [-0.05, 0) is 43.2 Å². The van der Waals surface area contributed by atoms with Gasteiger partial charge in [0.2, 0.25) is 5.91 Å². The molecule has 0 radical (unpaired) electrons. The molecule has 2 saturated carbocycles. The van der Waals surface area contributed by atoms with Crippen LogP contribution in [-0.4, -0.2) is 22.0 Å². The minimum atomic E-state index is -1.12. The first-order valence-corrected chi connectivity index (χ1v) is 6.14. The van der Waals surface area contributed by atoms with Crippen LogP contribution in [0, 0.1) is 17.8 Å². The van der Waals surface area contributed by atoms with Crippen molar-refractivity contribution in [3.8, 4) is 0 Å². The molecule has 2 aliphatic carbocycles. The van der Waals surface area contributed by atoms with Gasteiger partial charge in [0.1, 0.15) is 0 Å². The molecule has 0 spiro atoms. The number of nitrogens with zero attached hydrogens (tertiary/aromatic N) is 1. The Hall–Kier alpha value is -1.91. The molecule has 3 rings (SSSR count). The molecule has 1 aromatic rings. The van der Waals surface area contributed by atoms with Crippen LogP contribution in [0.15, 0.2) is 18.3 Å². The third kappa shape index (κ3) is 1.96. The lowest BCUT2D eigenvalue weighted by Crippen LogP contribution is -2.23. The lowest BCUT2D eigenvalue weighted by atomic mass is 10.0. The Morgan fingerprint density at radius 1 is 1.28 bits per heavy atom. The summed E-state index contributed by atoms with van der Waals surface area (Å²) in [5.74, 6) is 0.302. The monoisotopic (exact) mass is 246 g/mol. The summed E-state index contributed by atoms with van der Waals surface area (Å²) in [6.45, 7) is 0. The summed E-state index contributed by atoms with van der Waals surface area (Å²) < 4.78 is 0. The van der Waals surface area contributed by atoms with Gasteiger partial charge >= 0.3 is 5.97 Å². The van der Waals surface area contributed by atoms with E-state index < -0.39 is 5.97 Å². The summed E-state index contributed by atoms with van der Waals surface area (Å²) in [6.07, 6.45) is 4.55. The number of aromatic carboxylic acids is 1. The lowest BCUT2D eigenvalue weighted by molar-refractivity contribution is -0.120. The van der Waals surface area contributed by atoms with E-state index in [0.717, 1.165) is 24.7 Å². The second-order valence-electron chi connectivity index (χ2n) is 5.12. The maximum Gasteiger partial charge on any atom is 0.356 e. The van der Waals surface area contributed by atoms with Crippen LogP contribution in [0.2, 0.25) is 0 Å². The summed E-state index contributed by atoms with van der Waals surface area (Å²) >= 11 is 0. The zero-order chi connectivity index (χ0) is 12.7. The first-order chi connectivity index (χ1) is 8.65. The second-order valence-corrected chi connectivity index (χ2v) is 5.12. The van der Waals surface area contributed by atoms with Gasteiger partial charge in [0.25, 0.3) is 0 Å². The molecule has 0 saturated heterocycles. The van der Waals surface area contributed by atoms with E-state index >= 15 is 0 Å². The van der Waals surface area contributed by atoms with Crippen LogP contribution in [0.3, 0.4) is 0 Å². The molecule has 1 heterocycles. The molecule has 1 amide bonds. The number of carboxylic acid groups (broad SMARTS) is 1. The summed E-state index contributed by atoms with van der Waals surface area (Å²) in [6, 6.07) is 3.19. The van der Waals surface area contributed by atoms with E-state index in [1.807, 2.05) is 0 Å². The van der Waals surface area contributed by atoms with Crippen LogP contribution in [-0.2, 0) is 4.79 Å². The molecule has 2 aliphatic rings. The van der Waals surface area contributed by atoms with Crippen molar-refractivity contribution in [2.24, 2.45) is 17.8 Å². The summed E-state index contributed by atoms with van der Waals surface area (Å²) in [5, 5.41) is 11.7. The van der Waals surface area contributed by atoms with Crippen LogP contribution in [0.25, 0.3) is 0 Å². The predicted octanol–water partition coefficient (Wildman–Crippen LogP) is 1.76. The van der Waals surface area contributed by atoms with Crippen molar-refractivity contribution in [1.82, 2.24) is 4.98 Å². The van der Waals surface area contributed by atoms with Crippen molar-refractivity contribution in [2.75, 3.05) is 5.32 Å². The minimum absolute atomic E-state index is 0.0376. The SMILES string of the molecule is O=C(O)c1ncccc1NC(=O)C1CC2CC2C1. The fraction of sp³-hybridized carbons (Fsp3) is 0.462. The standard InChI is InChI=1S/C13H14N2O3/c16-12(9-5-7-4-8(7)6-9)15-10-2-1-3-14-11(10)13(17)18/h1-3,7-9H,4-6H2,(H,15,16)(H,17,18). The van der Waals surface area contributed by atoms with Gasteiger partial charge in [-0.25, -0.2) is 9.78 Å². The first-order valence-electron chi connectivity index (χ1n) is 6.14. The number of hydrogen-bond donors (Lipinski definition) is 2. The Balaban J connectivity index is 1.72. The molecule has 0 bridgehead atoms. The number of hydrogen-bond acceptors (Lipinski definition) is 3. The highest BCUT2D eigenvalue weighted by atomic mass is 16.4. The minimum Gasteiger partial charge on any atom is -0.476 e. The molecule has 5 heteroatoms. The molecule has 5 nitrogen and oxygen atoms in total. The number of aromatic nitrogens is 1. The van der Waals surface area contributed by atoms with Crippen molar-refractivity contribution in [3.05, 3.63) is 24.0 Å². The molecular formula is C13H14N2O3. The number of pyridine rings is 1. The number of carbonyl (C=O) groups excluding carboxylic acids is 1. The third-order valence-electron chi connectivity index (χ3n) is 3.88. The summed E-state index contributed by atoms with van der Waals surface area (Å²) in [7, 11) is 0. The molecule has 1 aromatic heterocycles. The molecule has 2 fully saturated rings. The zero-order valence-electron chi connectivity index (χ0n) is 9.80. The predicted molar refractivity (Wildman–Crippen MR) is 64.1 cm³/mol. The van der Waals surface area contributed by atoms with Crippen LogP contribution in [0.1, 0.15) is 29.8 Å². The van der Waals surface area contributed by atoms with Crippen molar-refractivity contribution >= 4 is 17.6 Å². The van der Waals surface area contributed by atoms with E-state index in [4.69, 9.17) is 5.11 Å². The van der Waals surface area contributed by atoms with Crippen LogP contribution >= 0.6 is 0 Å². The fourth-order valence-corrected chi connectivity index (χ4v) is 2.84. The van der Waals surface area contributed by atoms with Gasteiger partial charge in [0.15, 0.2) is 5.69 Å². The smallest absolute Gasteiger partial charge is 0.356 e. The molecule has 2 atom stereocenters. The second kappa shape index (κ2) is 4.08. The zero-order valence-corrected chi connectivity index (χ0v) is 9.80. The molecule has 2 unspecified atom stereocenters. The normalized spacial score (nSPS) is 28.6. The quantitative estimate of drug-likeness (QED) is 0.851. The molecule has 2 N–H and O–H groups in total. The van der Waals surface area contributed by atoms with Crippen LogP contribution < -0.4 is 5.32 Å². The van der Waals surface area contributed by atoms with E-state index in [1.165, 1.54) is 12.6 Å². The number of carboxylic acids is 1. The van der Waals surface area contributed by atoms with Crippen LogP contribution in [0.5, 0.6) is 0 Å². The van der Waals surface area contributed by atoms with Gasteiger partial charge in [-0.2, -0.15) is 0 Å². The average Bonchev–Trinajstić information content (AvgIpc) is 2.96.